The van der Waals surface area contributed by atoms with E-state index in [0.717, 1.165) is 15.5 Å². The van der Waals surface area contributed by atoms with Crippen LogP contribution in [-0.2, 0) is 25.9 Å². The zero-order valence-corrected chi connectivity index (χ0v) is 18.0. The minimum atomic E-state index is -3.73. The molecule has 0 spiro atoms. The van der Waals surface area contributed by atoms with Crippen LogP contribution in [0.2, 0.25) is 0 Å². The molecule has 0 saturated carbocycles. The van der Waals surface area contributed by atoms with Crippen LogP contribution in [-0.4, -0.2) is 53.0 Å². The molecule has 0 aromatic carbocycles. The molecule has 1 aliphatic heterocycles. The van der Waals surface area contributed by atoms with Gasteiger partial charge in [0.15, 0.2) is 14.6 Å². The van der Waals surface area contributed by atoms with Crippen molar-refractivity contribution in [3.63, 3.8) is 0 Å². The maximum Gasteiger partial charge on any atom is 0.328 e. The van der Waals surface area contributed by atoms with Crippen molar-refractivity contribution >= 4 is 44.4 Å². The Balaban J connectivity index is 2.16. The van der Waals surface area contributed by atoms with E-state index < -0.39 is 26.2 Å². The third kappa shape index (κ3) is 4.18. The number of hydrogen-bond acceptors (Lipinski definition) is 5. The SMILES string of the molecule is CC(C)(C)OC(=O)[C@@](C)(CCN1Cc2cc(I)cn2C1=O)S(C)(=O)=O. The predicted octanol–water partition coefficient (Wildman–Crippen LogP) is 2.41. The molecule has 9 heteroatoms. The highest BCUT2D eigenvalue weighted by Crippen LogP contribution is 2.28. The molecule has 140 valence electrons. The van der Waals surface area contributed by atoms with Crippen molar-refractivity contribution in [2.45, 2.75) is 51.0 Å². The highest BCUT2D eigenvalue weighted by Gasteiger charge is 2.47. The van der Waals surface area contributed by atoms with Crippen LogP contribution in [0, 0.1) is 3.57 Å². The molecule has 1 amide bonds. The number of esters is 1. The van der Waals surface area contributed by atoms with E-state index in [1.165, 1.54) is 6.92 Å². The van der Waals surface area contributed by atoms with Crippen LogP contribution in [0.1, 0.15) is 39.8 Å². The number of ether oxygens (including phenoxy) is 1. The van der Waals surface area contributed by atoms with Gasteiger partial charge in [0.25, 0.3) is 0 Å². The Morgan fingerprint density at radius 2 is 1.92 bits per heavy atom. The Morgan fingerprint density at radius 3 is 2.40 bits per heavy atom. The van der Waals surface area contributed by atoms with Crippen molar-refractivity contribution in [2.75, 3.05) is 12.8 Å². The van der Waals surface area contributed by atoms with E-state index in [2.05, 4.69) is 22.6 Å². The van der Waals surface area contributed by atoms with Crippen molar-refractivity contribution in [1.82, 2.24) is 9.47 Å². The van der Waals surface area contributed by atoms with Gasteiger partial charge in [-0.05, 0) is 62.8 Å². The summed E-state index contributed by atoms with van der Waals surface area (Å²) in [7, 11) is -3.73. The Bertz CT molecular complexity index is 809. The van der Waals surface area contributed by atoms with Crippen molar-refractivity contribution in [3.8, 4) is 0 Å². The van der Waals surface area contributed by atoms with Gasteiger partial charge in [0.1, 0.15) is 5.60 Å². The van der Waals surface area contributed by atoms with Crippen molar-refractivity contribution in [3.05, 3.63) is 21.5 Å². The van der Waals surface area contributed by atoms with Gasteiger partial charge in [0.2, 0.25) is 0 Å². The Hall–Kier alpha value is -1.10. The maximum atomic E-state index is 12.5. The first-order chi connectivity index (χ1) is 11.2. The Kier molecular flexibility index (Phi) is 5.31. The number of carbonyl (C=O) groups is 2. The van der Waals surface area contributed by atoms with E-state index >= 15 is 0 Å². The summed E-state index contributed by atoms with van der Waals surface area (Å²) in [5.41, 5.74) is 0.0642. The molecule has 0 N–H and O–H groups in total. The quantitative estimate of drug-likeness (QED) is 0.476. The number of hydrogen-bond donors (Lipinski definition) is 0. The first kappa shape index (κ1) is 20.2. The van der Waals surface area contributed by atoms with Gasteiger partial charge in [-0.15, -0.1) is 0 Å². The molecule has 0 aliphatic carbocycles. The zero-order chi connectivity index (χ0) is 19.2. The van der Waals surface area contributed by atoms with Crippen molar-refractivity contribution in [1.29, 1.82) is 0 Å². The standard InChI is InChI=1S/C16H23IN2O5S/c1-15(2,3)24-13(20)16(4,25(5,22)23)6-7-18-10-12-8-11(17)9-19(12)14(18)21/h8-9H,6-7,10H2,1-5H3/t16-/m1/s1. The minimum Gasteiger partial charge on any atom is -0.459 e. The van der Waals surface area contributed by atoms with Gasteiger partial charge in [-0.25, -0.2) is 13.2 Å². The number of aromatic nitrogens is 1. The van der Waals surface area contributed by atoms with E-state index in [-0.39, 0.29) is 19.0 Å². The largest absolute Gasteiger partial charge is 0.459 e. The molecule has 7 nitrogen and oxygen atoms in total. The Morgan fingerprint density at radius 1 is 1.32 bits per heavy atom. The first-order valence-corrected chi connectivity index (χ1v) is 10.8. The molecule has 1 aliphatic rings. The monoisotopic (exact) mass is 482 g/mol. The van der Waals surface area contributed by atoms with Crippen LogP contribution < -0.4 is 0 Å². The topological polar surface area (TPSA) is 85.7 Å². The lowest BCUT2D eigenvalue weighted by atomic mass is 10.1. The number of amides is 1. The molecule has 25 heavy (non-hydrogen) atoms. The summed E-state index contributed by atoms with van der Waals surface area (Å²) in [5, 5.41) is 0. The van der Waals surface area contributed by atoms with Crippen molar-refractivity contribution < 1.29 is 22.7 Å². The third-order valence-corrected chi connectivity index (χ3v) is 6.80. The average Bonchev–Trinajstić information content (AvgIpc) is 2.91. The van der Waals surface area contributed by atoms with Gasteiger partial charge in [-0.1, -0.05) is 0 Å². The summed E-state index contributed by atoms with van der Waals surface area (Å²) in [6.45, 7) is 6.97. The van der Waals surface area contributed by atoms with Crippen LogP contribution in [0.3, 0.4) is 0 Å². The van der Waals surface area contributed by atoms with Gasteiger partial charge in [0.05, 0.1) is 6.54 Å². The fourth-order valence-electron chi connectivity index (χ4n) is 2.54. The number of rotatable bonds is 5. The van der Waals surface area contributed by atoms with Gasteiger partial charge >= 0.3 is 12.0 Å². The fraction of sp³-hybridized carbons (Fsp3) is 0.625. The molecule has 0 radical (unpaired) electrons. The van der Waals surface area contributed by atoms with Crippen LogP contribution in [0.15, 0.2) is 12.3 Å². The molecular formula is C16H23IN2O5S. The van der Waals surface area contributed by atoms with E-state index in [1.807, 2.05) is 6.07 Å². The molecule has 2 heterocycles. The highest BCUT2D eigenvalue weighted by atomic mass is 127. The smallest absolute Gasteiger partial charge is 0.328 e. The van der Waals surface area contributed by atoms with E-state index in [0.29, 0.717) is 6.54 Å². The Labute approximate surface area is 161 Å². The molecule has 0 saturated heterocycles. The lowest BCUT2D eigenvalue weighted by Gasteiger charge is -2.31. The molecule has 2 rings (SSSR count). The first-order valence-electron chi connectivity index (χ1n) is 7.84. The molecule has 1 aromatic rings. The number of carbonyl (C=O) groups excluding carboxylic acids is 2. The van der Waals surface area contributed by atoms with Crippen molar-refractivity contribution in [2.24, 2.45) is 0 Å². The third-order valence-electron chi connectivity index (χ3n) is 4.20. The second-order valence-electron chi connectivity index (χ2n) is 7.48. The zero-order valence-electron chi connectivity index (χ0n) is 15.0. The van der Waals surface area contributed by atoms with Crippen LogP contribution in [0.25, 0.3) is 0 Å². The molecular weight excluding hydrogens is 459 g/mol. The molecule has 0 fully saturated rings. The normalized spacial score (nSPS) is 17.4. The number of halogens is 1. The number of sulfone groups is 1. The van der Waals surface area contributed by atoms with E-state index in [4.69, 9.17) is 4.74 Å². The molecule has 1 aromatic heterocycles. The van der Waals surface area contributed by atoms with E-state index in [1.54, 1.807) is 36.4 Å². The highest BCUT2D eigenvalue weighted by molar-refractivity contribution is 14.1. The van der Waals surface area contributed by atoms with Crippen LogP contribution >= 0.6 is 22.6 Å². The van der Waals surface area contributed by atoms with Gasteiger partial charge in [-0.3, -0.25) is 9.36 Å². The summed E-state index contributed by atoms with van der Waals surface area (Å²) in [6, 6.07) is 1.69. The minimum absolute atomic E-state index is 0.0194. The second kappa shape index (κ2) is 6.57. The number of nitrogens with zero attached hydrogens (tertiary/aromatic N) is 2. The lowest BCUT2D eigenvalue weighted by Crippen LogP contribution is -2.49. The summed E-state index contributed by atoms with van der Waals surface area (Å²) in [5.74, 6) is -0.789. The molecule has 1 atom stereocenters. The van der Waals surface area contributed by atoms with Gasteiger partial charge < -0.3 is 9.64 Å². The predicted molar refractivity (Wildman–Crippen MR) is 102 cm³/mol. The second-order valence-corrected chi connectivity index (χ2v) is 11.2. The fourth-order valence-corrected chi connectivity index (χ4v) is 3.98. The average molecular weight is 482 g/mol. The molecule has 0 unspecified atom stereocenters. The summed E-state index contributed by atoms with van der Waals surface area (Å²) >= 11 is 2.13. The van der Waals surface area contributed by atoms with Crippen LogP contribution in [0.5, 0.6) is 0 Å². The lowest BCUT2D eigenvalue weighted by molar-refractivity contribution is -0.157. The van der Waals surface area contributed by atoms with Gasteiger partial charge in [-0.2, -0.15) is 0 Å². The number of fused-ring (bicyclic) bond motifs is 1. The van der Waals surface area contributed by atoms with E-state index in [9.17, 15) is 18.0 Å². The van der Waals surface area contributed by atoms with Crippen LogP contribution in [0.4, 0.5) is 4.79 Å². The summed E-state index contributed by atoms with van der Waals surface area (Å²) in [4.78, 5) is 26.5. The summed E-state index contributed by atoms with van der Waals surface area (Å²) in [6.07, 6.45) is 2.74. The van der Waals surface area contributed by atoms with Gasteiger partial charge in [0, 0.05) is 28.3 Å². The summed E-state index contributed by atoms with van der Waals surface area (Å²) < 4.78 is 30.7. The maximum absolute atomic E-state index is 12.5. The molecule has 0 bridgehead atoms.